The van der Waals surface area contributed by atoms with E-state index in [0.29, 0.717) is 0 Å². The van der Waals surface area contributed by atoms with Crippen LogP contribution in [-0.2, 0) is 5.41 Å². The van der Waals surface area contributed by atoms with E-state index >= 15 is 0 Å². The molecule has 3 nitrogen and oxygen atoms in total. The van der Waals surface area contributed by atoms with Gasteiger partial charge in [0.15, 0.2) is 0 Å². The molecule has 0 N–H and O–H groups in total. The minimum atomic E-state index is -0.167. The SMILES string of the molecule is CC1(C)c2cccc3ccc4cc(N(c5ccc6c(c5)c5ccccc5n6-c5ccccc5)c5ccc6c(c5)c5ccccc5n6-c5ccccc5)c5cccc1c5c4c23. The van der Waals surface area contributed by atoms with Gasteiger partial charge in [-0.25, -0.2) is 0 Å². The molecule has 13 rings (SSSR count). The largest absolute Gasteiger partial charge is 0.310 e. The summed E-state index contributed by atoms with van der Waals surface area (Å²) in [6, 6.07) is 74.2. The normalized spacial score (nSPS) is 13.3. The molecule has 0 amide bonds. The van der Waals surface area contributed by atoms with Gasteiger partial charge >= 0.3 is 0 Å². The van der Waals surface area contributed by atoms with Crippen molar-refractivity contribution in [2.45, 2.75) is 19.3 Å². The van der Waals surface area contributed by atoms with Crippen LogP contribution < -0.4 is 4.90 Å². The molecular weight excluding hydrogens is 727 g/mol. The molecule has 0 saturated carbocycles. The number of fused-ring (bicyclic) bond motifs is 6. The van der Waals surface area contributed by atoms with E-state index in [0.717, 1.165) is 22.7 Å². The monoisotopic (exact) mass is 765 g/mol. The van der Waals surface area contributed by atoms with Gasteiger partial charge in [0.1, 0.15) is 0 Å². The summed E-state index contributed by atoms with van der Waals surface area (Å²) in [7, 11) is 0. The van der Waals surface area contributed by atoms with Crippen LogP contribution in [0.3, 0.4) is 0 Å². The average molecular weight is 766 g/mol. The van der Waals surface area contributed by atoms with Crippen LogP contribution in [0.2, 0.25) is 0 Å². The molecule has 10 aromatic carbocycles. The molecule has 2 aromatic heterocycles. The lowest BCUT2D eigenvalue weighted by atomic mass is 9.69. The lowest BCUT2D eigenvalue weighted by Crippen LogP contribution is -2.22. The molecule has 60 heavy (non-hydrogen) atoms. The van der Waals surface area contributed by atoms with Crippen LogP contribution >= 0.6 is 0 Å². The number of hydrogen-bond donors (Lipinski definition) is 0. The fourth-order valence-electron chi connectivity index (χ4n) is 10.8. The highest BCUT2D eigenvalue weighted by atomic mass is 15.1. The first-order chi connectivity index (χ1) is 29.5. The maximum absolute atomic E-state index is 2.53. The van der Waals surface area contributed by atoms with Crippen LogP contribution in [-0.4, -0.2) is 9.13 Å². The van der Waals surface area contributed by atoms with Crippen molar-refractivity contribution in [2.75, 3.05) is 4.90 Å². The Labute approximate surface area is 347 Å². The van der Waals surface area contributed by atoms with Gasteiger partial charge in [-0.05, 0) is 117 Å². The van der Waals surface area contributed by atoms with Gasteiger partial charge in [-0.1, -0.05) is 135 Å². The van der Waals surface area contributed by atoms with Crippen LogP contribution in [0.4, 0.5) is 17.1 Å². The summed E-state index contributed by atoms with van der Waals surface area (Å²) in [6.07, 6.45) is 0. The number of aromatic nitrogens is 2. The number of nitrogens with zero attached hydrogens (tertiary/aromatic N) is 3. The van der Waals surface area contributed by atoms with E-state index in [9.17, 15) is 0 Å². The molecule has 0 radical (unpaired) electrons. The Bertz CT molecular complexity index is 3580. The number of hydrogen-bond acceptors (Lipinski definition) is 1. The number of benzene rings is 10. The standard InChI is InChI=1S/C57H39N3/c1-57(2)47-23-13-15-36-27-28-37-33-53(44-22-14-24-48(57)56(44)55(37)54(36)47)58(40-29-31-51-45(34-40)42-20-9-11-25-49(42)59(51)38-16-5-3-6-17-38)41-30-32-52-46(35-41)43-21-10-12-26-50(43)60(52)39-18-7-4-8-19-39/h3-35H,1-2H3. The Hall–Kier alpha value is -7.62. The van der Waals surface area contributed by atoms with Crippen molar-refractivity contribution in [1.82, 2.24) is 9.13 Å². The summed E-state index contributed by atoms with van der Waals surface area (Å²) in [4.78, 5) is 2.53. The van der Waals surface area contributed by atoms with Gasteiger partial charge in [0, 0.05) is 55.1 Å². The highest BCUT2D eigenvalue weighted by molar-refractivity contribution is 6.27. The van der Waals surface area contributed by atoms with E-state index in [1.165, 1.54) is 92.7 Å². The molecule has 0 aliphatic heterocycles. The van der Waals surface area contributed by atoms with Crippen LogP contribution in [0.25, 0.3) is 87.3 Å². The van der Waals surface area contributed by atoms with Gasteiger partial charge in [0.25, 0.3) is 0 Å². The van der Waals surface area contributed by atoms with Gasteiger partial charge in [-0.3, -0.25) is 0 Å². The summed E-state index contributed by atoms with van der Waals surface area (Å²) in [5, 5.41) is 12.8. The van der Waals surface area contributed by atoms with Crippen molar-refractivity contribution in [1.29, 1.82) is 0 Å². The van der Waals surface area contributed by atoms with Crippen LogP contribution in [0.15, 0.2) is 200 Å². The third-order valence-electron chi connectivity index (χ3n) is 13.4. The zero-order valence-corrected chi connectivity index (χ0v) is 33.4. The molecule has 0 unspecified atom stereocenters. The van der Waals surface area contributed by atoms with Gasteiger partial charge in [-0.15, -0.1) is 0 Å². The fourth-order valence-corrected chi connectivity index (χ4v) is 10.8. The highest BCUT2D eigenvalue weighted by Gasteiger charge is 2.34. The van der Waals surface area contributed by atoms with Crippen LogP contribution in [0.1, 0.15) is 25.0 Å². The zero-order valence-electron chi connectivity index (χ0n) is 33.4. The van der Waals surface area contributed by atoms with Crippen molar-refractivity contribution >= 4 is 93.0 Å². The third kappa shape index (κ3) is 4.49. The molecule has 1 aliphatic rings. The lowest BCUT2D eigenvalue weighted by molar-refractivity contribution is 0.652. The number of anilines is 3. The molecule has 0 bridgehead atoms. The third-order valence-corrected chi connectivity index (χ3v) is 13.4. The Kier molecular flexibility index (Phi) is 6.78. The second-order valence-corrected chi connectivity index (χ2v) is 16.9. The van der Waals surface area contributed by atoms with Crippen LogP contribution in [0.5, 0.6) is 0 Å². The summed E-state index contributed by atoms with van der Waals surface area (Å²) in [6.45, 7) is 4.80. The first kappa shape index (κ1) is 33.4. The topological polar surface area (TPSA) is 13.1 Å². The summed E-state index contributed by atoms with van der Waals surface area (Å²) in [5.41, 5.74) is 13.1. The summed E-state index contributed by atoms with van der Waals surface area (Å²) < 4.78 is 4.80. The second kappa shape index (κ2) is 12.2. The van der Waals surface area contributed by atoms with E-state index in [-0.39, 0.29) is 5.41 Å². The predicted molar refractivity (Wildman–Crippen MR) is 254 cm³/mol. The number of rotatable bonds is 5. The smallest absolute Gasteiger partial charge is 0.0546 e. The van der Waals surface area contributed by atoms with Crippen molar-refractivity contribution in [3.8, 4) is 11.4 Å². The zero-order chi connectivity index (χ0) is 39.7. The molecule has 0 spiro atoms. The van der Waals surface area contributed by atoms with Gasteiger partial charge in [0.2, 0.25) is 0 Å². The van der Waals surface area contributed by atoms with Crippen LogP contribution in [0, 0.1) is 0 Å². The van der Waals surface area contributed by atoms with Crippen molar-refractivity contribution in [3.63, 3.8) is 0 Å². The average Bonchev–Trinajstić information content (AvgIpc) is 3.81. The number of para-hydroxylation sites is 4. The van der Waals surface area contributed by atoms with E-state index in [2.05, 4.69) is 228 Å². The first-order valence-corrected chi connectivity index (χ1v) is 20.9. The quantitative estimate of drug-likeness (QED) is 0.159. The van der Waals surface area contributed by atoms with E-state index in [4.69, 9.17) is 0 Å². The molecular formula is C57H39N3. The second-order valence-electron chi connectivity index (χ2n) is 16.9. The Morgan fingerprint density at radius 2 is 0.833 bits per heavy atom. The first-order valence-electron chi connectivity index (χ1n) is 20.9. The Morgan fingerprint density at radius 1 is 0.350 bits per heavy atom. The van der Waals surface area contributed by atoms with E-state index < -0.39 is 0 Å². The Balaban J connectivity index is 1.15. The highest BCUT2D eigenvalue weighted by Crippen LogP contribution is 2.53. The van der Waals surface area contributed by atoms with Crippen molar-refractivity contribution in [2.24, 2.45) is 0 Å². The molecule has 0 fully saturated rings. The van der Waals surface area contributed by atoms with E-state index in [1.54, 1.807) is 0 Å². The van der Waals surface area contributed by atoms with Gasteiger partial charge in [-0.2, -0.15) is 0 Å². The van der Waals surface area contributed by atoms with Crippen molar-refractivity contribution < 1.29 is 0 Å². The maximum Gasteiger partial charge on any atom is 0.0546 e. The molecule has 3 heteroatoms. The summed E-state index contributed by atoms with van der Waals surface area (Å²) >= 11 is 0. The molecule has 0 atom stereocenters. The van der Waals surface area contributed by atoms with Crippen molar-refractivity contribution in [3.05, 3.63) is 211 Å². The lowest BCUT2D eigenvalue weighted by Gasteiger charge is -2.35. The molecule has 0 saturated heterocycles. The predicted octanol–water partition coefficient (Wildman–Crippen LogP) is 15.4. The van der Waals surface area contributed by atoms with Gasteiger partial charge < -0.3 is 14.0 Å². The molecule has 2 heterocycles. The molecule has 1 aliphatic carbocycles. The molecule has 282 valence electrons. The maximum atomic E-state index is 2.53. The fraction of sp³-hybridized carbons (Fsp3) is 0.0526. The minimum absolute atomic E-state index is 0.167. The van der Waals surface area contributed by atoms with E-state index in [1.807, 2.05) is 0 Å². The Morgan fingerprint density at radius 3 is 1.43 bits per heavy atom. The van der Waals surface area contributed by atoms with Gasteiger partial charge in [0.05, 0.1) is 27.8 Å². The summed E-state index contributed by atoms with van der Waals surface area (Å²) in [5.74, 6) is 0. The molecule has 12 aromatic rings. The minimum Gasteiger partial charge on any atom is -0.310 e.